The summed E-state index contributed by atoms with van der Waals surface area (Å²) in [5, 5.41) is 0. The first-order chi connectivity index (χ1) is 9.41. The van der Waals surface area contributed by atoms with Crippen molar-refractivity contribution in [1.29, 1.82) is 0 Å². The lowest BCUT2D eigenvalue weighted by Crippen LogP contribution is -1.94. The van der Waals surface area contributed by atoms with Crippen LogP contribution >= 0.6 is 0 Å². The standard InChI is InChI=1S/C16H28O3/c1-2-13-18-14-11-9-7-5-3-4-6-8-10-12-15-19-16-17/h1,16H,3-15H2. The van der Waals surface area contributed by atoms with Gasteiger partial charge in [-0.1, -0.05) is 57.3 Å². The third-order valence-electron chi connectivity index (χ3n) is 3.05. The fraction of sp³-hybridized carbons (Fsp3) is 0.812. The highest BCUT2D eigenvalue weighted by Crippen LogP contribution is 2.10. The van der Waals surface area contributed by atoms with E-state index in [0.717, 1.165) is 19.4 Å². The van der Waals surface area contributed by atoms with Crippen LogP contribution < -0.4 is 0 Å². The Bertz CT molecular complexity index is 221. The molecule has 0 aliphatic carbocycles. The molecule has 0 aromatic carbocycles. The van der Waals surface area contributed by atoms with E-state index in [1.54, 1.807) is 0 Å². The maximum atomic E-state index is 9.90. The van der Waals surface area contributed by atoms with E-state index in [1.165, 1.54) is 51.4 Å². The molecule has 110 valence electrons. The van der Waals surface area contributed by atoms with Gasteiger partial charge in [0.05, 0.1) is 6.61 Å². The lowest BCUT2D eigenvalue weighted by molar-refractivity contribution is -0.128. The van der Waals surface area contributed by atoms with Gasteiger partial charge in [-0.05, 0) is 12.8 Å². The van der Waals surface area contributed by atoms with Crippen molar-refractivity contribution >= 4 is 6.47 Å². The van der Waals surface area contributed by atoms with Crippen molar-refractivity contribution < 1.29 is 14.3 Å². The third kappa shape index (κ3) is 17.0. The molecule has 0 saturated carbocycles. The summed E-state index contributed by atoms with van der Waals surface area (Å²) >= 11 is 0. The second-order valence-electron chi connectivity index (χ2n) is 4.76. The Balaban J connectivity index is 2.91. The molecule has 0 rings (SSSR count). The van der Waals surface area contributed by atoms with E-state index in [1.807, 2.05) is 0 Å². The average Bonchev–Trinajstić information content (AvgIpc) is 2.43. The first-order valence-electron chi connectivity index (χ1n) is 7.48. The number of hydrogen-bond acceptors (Lipinski definition) is 3. The Morgan fingerprint density at radius 2 is 1.26 bits per heavy atom. The molecular weight excluding hydrogens is 240 g/mol. The topological polar surface area (TPSA) is 35.5 Å². The van der Waals surface area contributed by atoms with E-state index in [-0.39, 0.29) is 0 Å². The zero-order chi connectivity index (χ0) is 14.0. The van der Waals surface area contributed by atoms with E-state index in [0.29, 0.717) is 19.7 Å². The molecule has 0 aromatic heterocycles. The summed E-state index contributed by atoms with van der Waals surface area (Å²) in [6.07, 6.45) is 17.4. The number of hydrogen-bond donors (Lipinski definition) is 0. The van der Waals surface area contributed by atoms with Gasteiger partial charge in [0.1, 0.15) is 6.61 Å². The van der Waals surface area contributed by atoms with E-state index >= 15 is 0 Å². The van der Waals surface area contributed by atoms with Crippen molar-refractivity contribution in [2.24, 2.45) is 0 Å². The van der Waals surface area contributed by atoms with Crippen LogP contribution in [0.4, 0.5) is 0 Å². The van der Waals surface area contributed by atoms with Gasteiger partial charge in [0.15, 0.2) is 0 Å². The molecule has 0 radical (unpaired) electrons. The molecule has 0 unspecified atom stereocenters. The van der Waals surface area contributed by atoms with Crippen molar-refractivity contribution in [3.8, 4) is 12.3 Å². The predicted molar refractivity (Wildman–Crippen MR) is 77.8 cm³/mol. The van der Waals surface area contributed by atoms with Crippen LogP contribution in [0.15, 0.2) is 0 Å². The Morgan fingerprint density at radius 1 is 0.789 bits per heavy atom. The molecule has 0 bridgehead atoms. The second kappa shape index (κ2) is 17.0. The van der Waals surface area contributed by atoms with E-state index in [2.05, 4.69) is 10.7 Å². The van der Waals surface area contributed by atoms with Gasteiger partial charge in [-0.3, -0.25) is 4.79 Å². The Morgan fingerprint density at radius 3 is 1.74 bits per heavy atom. The van der Waals surface area contributed by atoms with Crippen LogP contribution in [0.3, 0.4) is 0 Å². The summed E-state index contributed by atoms with van der Waals surface area (Å²) in [5.41, 5.74) is 0. The zero-order valence-electron chi connectivity index (χ0n) is 12.1. The number of unbranched alkanes of at least 4 members (excludes halogenated alkanes) is 9. The fourth-order valence-corrected chi connectivity index (χ4v) is 1.98. The second-order valence-corrected chi connectivity index (χ2v) is 4.76. The highest BCUT2D eigenvalue weighted by molar-refractivity contribution is 5.36. The van der Waals surface area contributed by atoms with Gasteiger partial charge < -0.3 is 9.47 Å². The number of carbonyl (C=O) groups is 1. The maximum absolute atomic E-state index is 9.90. The highest BCUT2D eigenvalue weighted by Gasteiger charge is 1.93. The Hall–Kier alpha value is -1.01. The summed E-state index contributed by atoms with van der Waals surface area (Å²) < 4.78 is 9.85. The molecule has 3 heteroatoms. The molecule has 0 fully saturated rings. The molecule has 0 aromatic rings. The van der Waals surface area contributed by atoms with Gasteiger partial charge in [0, 0.05) is 6.61 Å². The van der Waals surface area contributed by atoms with E-state index in [9.17, 15) is 4.79 Å². The van der Waals surface area contributed by atoms with Crippen LogP contribution in [-0.2, 0) is 14.3 Å². The van der Waals surface area contributed by atoms with Crippen molar-refractivity contribution in [2.45, 2.75) is 64.2 Å². The monoisotopic (exact) mass is 268 g/mol. The van der Waals surface area contributed by atoms with Gasteiger partial charge in [-0.2, -0.15) is 0 Å². The highest BCUT2D eigenvalue weighted by atomic mass is 16.5. The number of ether oxygens (including phenoxy) is 2. The minimum Gasteiger partial charge on any atom is -0.468 e. The predicted octanol–water partition coefficient (Wildman–Crippen LogP) is 3.71. The number of rotatable bonds is 15. The molecule has 0 amide bonds. The van der Waals surface area contributed by atoms with Crippen LogP contribution in [0.5, 0.6) is 0 Å². The summed E-state index contributed by atoms with van der Waals surface area (Å²) in [6.45, 7) is 2.34. The molecule has 0 atom stereocenters. The van der Waals surface area contributed by atoms with Gasteiger partial charge in [-0.15, -0.1) is 6.42 Å². The molecule has 3 nitrogen and oxygen atoms in total. The smallest absolute Gasteiger partial charge is 0.293 e. The van der Waals surface area contributed by atoms with Crippen LogP contribution in [-0.4, -0.2) is 26.3 Å². The number of carbonyl (C=O) groups excluding carboxylic acids is 1. The van der Waals surface area contributed by atoms with Gasteiger partial charge in [-0.25, -0.2) is 0 Å². The van der Waals surface area contributed by atoms with Crippen molar-refractivity contribution in [2.75, 3.05) is 19.8 Å². The molecule has 0 aliphatic heterocycles. The van der Waals surface area contributed by atoms with Crippen LogP contribution in [0.25, 0.3) is 0 Å². The maximum Gasteiger partial charge on any atom is 0.293 e. The molecular formula is C16H28O3. The molecule has 0 spiro atoms. The quantitative estimate of drug-likeness (QED) is 0.258. The molecule has 19 heavy (non-hydrogen) atoms. The van der Waals surface area contributed by atoms with Crippen molar-refractivity contribution in [3.05, 3.63) is 0 Å². The molecule has 0 heterocycles. The van der Waals surface area contributed by atoms with Crippen LogP contribution in [0, 0.1) is 12.3 Å². The molecule has 0 N–H and O–H groups in total. The normalized spacial score (nSPS) is 10.1. The van der Waals surface area contributed by atoms with Gasteiger partial charge in [0.25, 0.3) is 6.47 Å². The summed E-state index contributed by atoms with van der Waals surface area (Å²) in [6, 6.07) is 0. The first kappa shape index (κ1) is 18.0. The minimum absolute atomic E-state index is 0.442. The summed E-state index contributed by atoms with van der Waals surface area (Å²) in [5.74, 6) is 2.47. The van der Waals surface area contributed by atoms with E-state index in [4.69, 9.17) is 11.2 Å². The van der Waals surface area contributed by atoms with Crippen molar-refractivity contribution in [3.63, 3.8) is 0 Å². The van der Waals surface area contributed by atoms with E-state index < -0.39 is 0 Å². The summed E-state index contributed by atoms with van der Waals surface area (Å²) in [4.78, 5) is 9.90. The molecule has 0 aliphatic rings. The Kier molecular flexibility index (Phi) is 16.1. The Labute approximate surface area is 118 Å². The summed E-state index contributed by atoms with van der Waals surface area (Å²) in [7, 11) is 0. The largest absolute Gasteiger partial charge is 0.468 e. The zero-order valence-corrected chi connectivity index (χ0v) is 12.1. The first-order valence-corrected chi connectivity index (χ1v) is 7.48. The fourth-order valence-electron chi connectivity index (χ4n) is 1.98. The number of terminal acetylenes is 1. The lowest BCUT2D eigenvalue weighted by atomic mass is 10.1. The van der Waals surface area contributed by atoms with Crippen LogP contribution in [0.2, 0.25) is 0 Å². The molecule has 0 saturated heterocycles. The van der Waals surface area contributed by atoms with Gasteiger partial charge >= 0.3 is 0 Å². The van der Waals surface area contributed by atoms with Crippen molar-refractivity contribution in [1.82, 2.24) is 0 Å². The minimum atomic E-state index is 0.442. The lowest BCUT2D eigenvalue weighted by Gasteiger charge is -2.03. The average molecular weight is 268 g/mol. The van der Waals surface area contributed by atoms with Gasteiger partial charge in [0.2, 0.25) is 0 Å². The third-order valence-corrected chi connectivity index (χ3v) is 3.05. The SMILES string of the molecule is C#CCOCCCCCCCCCCCCOC=O. The van der Waals surface area contributed by atoms with Crippen LogP contribution in [0.1, 0.15) is 64.2 Å².